The molecule has 0 N–H and O–H groups in total. The van der Waals surface area contributed by atoms with Gasteiger partial charge in [-0.2, -0.15) is 0 Å². The molecule has 0 unspecified atom stereocenters. The van der Waals surface area contributed by atoms with Crippen LogP contribution < -0.4 is 10.2 Å². The maximum absolute atomic E-state index is 8.56. The van der Waals surface area contributed by atoms with Crippen LogP contribution in [-0.4, -0.2) is 12.9 Å². The van der Waals surface area contributed by atoms with Crippen LogP contribution in [0, 0.1) is 0 Å². The van der Waals surface area contributed by atoms with E-state index >= 15 is 0 Å². The van der Waals surface area contributed by atoms with Crippen LogP contribution in [0.25, 0.3) is 0 Å². The molecule has 0 aromatic rings. The van der Waals surface area contributed by atoms with Gasteiger partial charge in [0, 0.05) is 12.9 Å². The minimum atomic E-state index is -1.83. The van der Waals surface area contributed by atoms with Crippen molar-refractivity contribution in [3.63, 3.8) is 0 Å². The van der Waals surface area contributed by atoms with Crippen molar-refractivity contribution in [2.24, 2.45) is 0 Å². The quantitative estimate of drug-likeness (QED) is 0.272. The van der Waals surface area contributed by atoms with E-state index in [1.807, 2.05) is 0 Å². The number of hydrogen-bond donors (Lipinski definition) is 0. The molecule has 0 heterocycles. The summed E-state index contributed by atoms with van der Waals surface area (Å²) >= 11 is 0. The van der Waals surface area contributed by atoms with Crippen molar-refractivity contribution in [1.29, 1.82) is 0 Å². The van der Waals surface area contributed by atoms with E-state index in [0.717, 1.165) is 0 Å². The Morgan fingerprint density at radius 1 is 1.29 bits per heavy atom. The first kappa shape index (κ1) is 6.46. The van der Waals surface area contributed by atoms with Gasteiger partial charge in [0.25, 0.3) is 0 Å². The van der Waals surface area contributed by atoms with Crippen LogP contribution in [0.5, 0.6) is 0 Å². The molecule has 45 valence electrons. The van der Waals surface area contributed by atoms with Crippen molar-refractivity contribution in [2.45, 2.75) is 0 Å². The predicted octanol–water partition coefficient (Wildman–Crippen LogP) is -3.27. The number of rotatable bonds is 0. The monoisotopic (exact) mass is 155 g/mol. The molecule has 0 atom stereocenters. The molecule has 0 rings (SSSR count). The maximum atomic E-state index is 8.56. The number of carbonyl (C=O) groups excluding carboxylic acids is 2. The summed E-state index contributed by atoms with van der Waals surface area (Å²) in [4.78, 5) is 17.1. The van der Waals surface area contributed by atoms with E-state index < -0.39 is 12.9 Å². The zero-order chi connectivity index (χ0) is 7.15. The molecule has 0 aliphatic rings. The van der Waals surface area contributed by atoms with Crippen LogP contribution in [0.1, 0.15) is 2.74 Å². The Morgan fingerprint density at radius 2 is 1.29 bits per heavy atom. The molecule has 5 heteroatoms. The minimum absolute atomic E-state index is 0. The van der Waals surface area contributed by atoms with Crippen LogP contribution in [-0.2, 0) is 26.7 Å². The molecule has 0 aromatic carbocycles. The maximum Gasteiger partial charge on any atom is 2.00 e. The van der Waals surface area contributed by atoms with Crippen LogP contribution in [0.3, 0.4) is 0 Å². The molecule has 0 fully saturated rings. The Hall–Kier alpha value is -0.541. The molecular weight excluding hydrogens is 152 g/mol. The Bertz CT molecular complexity index is 74.6. The largest absolute Gasteiger partial charge is 2.00 e. The van der Waals surface area contributed by atoms with Gasteiger partial charge < -0.3 is 19.8 Å². The number of carbonyl (C=O) groups is 2. The number of hydrogen-bond acceptors (Lipinski definition) is 4. The first-order chi connectivity index (χ1) is 3.46. The van der Waals surface area contributed by atoms with Gasteiger partial charge in [0.05, 0.1) is 2.74 Å². The standard InChI is InChI=1S/2CH2O2.Cu/c2*2-1-3;/h2*1H,(H,2,3);/q;;+2/p-2/i2*1D;. The second kappa shape index (κ2) is 51.0. The molecule has 0 spiro atoms. The van der Waals surface area contributed by atoms with Gasteiger partial charge in [-0.3, -0.25) is 0 Å². The SMILES string of the molecule is [2H]C(=O)[O-].[2H]C(=O)[O-].[Cu+2]. The van der Waals surface area contributed by atoms with E-state index in [4.69, 9.17) is 22.5 Å². The van der Waals surface area contributed by atoms with Gasteiger partial charge in [0.2, 0.25) is 0 Å². The van der Waals surface area contributed by atoms with Gasteiger partial charge in [-0.05, 0) is 0 Å². The summed E-state index contributed by atoms with van der Waals surface area (Å²) in [5.74, 6) is 0. The first-order valence-electron chi connectivity index (χ1n) is 1.82. The van der Waals surface area contributed by atoms with Crippen LogP contribution in [0.4, 0.5) is 0 Å². The summed E-state index contributed by atoms with van der Waals surface area (Å²) < 4.78 is 10.8. The third-order valence-corrected chi connectivity index (χ3v) is 0. The van der Waals surface area contributed by atoms with Gasteiger partial charge in [0.15, 0.2) is 0 Å². The van der Waals surface area contributed by atoms with Gasteiger partial charge >= 0.3 is 17.1 Å². The van der Waals surface area contributed by atoms with E-state index in [-0.39, 0.29) is 17.1 Å². The molecule has 4 nitrogen and oxygen atoms in total. The topological polar surface area (TPSA) is 80.3 Å². The summed E-state index contributed by atoms with van der Waals surface area (Å²) in [5, 5.41) is 17.1. The summed E-state index contributed by atoms with van der Waals surface area (Å²) in [6.07, 6.45) is -3.67. The van der Waals surface area contributed by atoms with Gasteiger partial charge in [-0.15, -0.1) is 0 Å². The number of carboxylic acid groups (broad SMARTS) is 2. The van der Waals surface area contributed by atoms with Crippen molar-refractivity contribution < 1.29 is 39.6 Å². The summed E-state index contributed by atoms with van der Waals surface area (Å²) in [7, 11) is 0. The molecule has 0 aromatic heterocycles. The minimum Gasteiger partial charge on any atom is -0.554 e. The van der Waals surface area contributed by atoms with Gasteiger partial charge in [-0.25, -0.2) is 0 Å². The van der Waals surface area contributed by atoms with Crippen LogP contribution in [0.15, 0.2) is 0 Å². The average molecular weight is 156 g/mol. The summed E-state index contributed by atoms with van der Waals surface area (Å²) in [6, 6.07) is 0. The molecule has 0 bridgehead atoms. The first-order valence-corrected chi connectivity index (χ1v) is 0.816. The van der Waals surface area contributed by atoms with E-state index in [1.165, 1.54) is 0 Å². The fraction of sp³-hybridized carbons (Fsp3) is 0. The molecule has 0 saturated carbocycles. The zero-order valence-electron chi connectivity index (χ0n) is 4.93. The van der Waals surface area contributed by atoms with E-state index in [9.17, 15) is 0 Å². The average Bonchev–Trinajstić information content (AvgIpc) is 1.25. The fourth-order valence-corrected chi connectivity index (χ4v) is 0. The molecule has 7 heavy (non-hydrogen) atoms. The third-order valence-electron chi connectivity index (χ3n) is 0. The molecule has 0 aliphatic carbocycles. The van der Waals surface area contributed by atoms with E-state index in [1.54, 1.807) is 0 Å². The van der Waals surface area contributed by atoms with E-state index in [0.29, 0.717) is 0 Å². The Morgan fingerprint density at radius 3 is 1.29 bits per heavy atom. The van der Waals surface area contributed by atoms with Crippen molar-refractivity contribution in [1.82, 2.24) is 0 Å². The third kappa shape index (κ3) is 224. The smallest absolute Gasteiger partial charge is 0.554 e. The molecule has 0 aliphatic heterocycles. The summed E-state index contributed by atoms with van der Waals surface area (Å²) in [6.45, 7) is 0. The predicted molar refractivity (Wildman–Crippen MR) is 12.1 cm³/mol. The second-order valence-electron chi connectivity index (χ2n) is 0.167. The second-order valence-corrected chi connectivity index (χ2v) is 0.167. The van der Waals surface area contributed by atoms with Crippen LogP contribution >= 0.6 is 0 Å². The van der Waals surface area contributed by atoms with Crippen molar-refractivity contribution in [3.05, 3.63) is 0 Å². The molecule has 0 amide bonds. The van der Waals surface area contributed by atoms with Gasteiger partial charge in [-0.1, -0.05) is 0 Å². The van der Waals surface area contributed by atoms with Crippen molar-refractivity contribution >= 4 is 12.9 Å². The molecule has 1 radical (unpaired) electrons. The Labute approximate surface area is 53.4 Å². The summed E-state index contributed by atoms with van der Waals surface area (Å²) in [5.41, 5.74) is 0. The van der Waals surface area contributed by atoms with Crippen LogP contribution in [0.2, 0.25) is 0 Å². The molecular formula is C2H2CuO4. The molecule has 0 saturated heterocycles. The Balaban J connectivity index is -0.0000000720. The van der Waals surface area contributed by atoms with Crippen molar-refractivity contribution in [2.75, 3.05) is 0 Å². The zero-order valence-corrected chi connectivity index (χ0v) is 3.88. The van der Waals surface area contributed by atoms with Gasteiger partial charge in [0.1, 0.15) is 0 Å². The van der Waals surface area contributed by atoms with E-state index in [2.05, 4.69) is 0 Å². The normalized spacial score (nSPS) is 7.43. The Kier molecular flexibility index (Phi) is 47.0. The fourth-order valence-electron chi connectivity index (χ4n) is 0. The van der Waals surface area contributed by atoms with Crippen molar-refractivity contribution in [3.8, 4) is 0 Å².